The van der Waals surface area contributed by atoms with E-state index < -0.39 is 5.41 Å². The molecule has 64 heavy (non-hydrogen) atoms. The van der Waals surface area contributed by atoms with E-state index in [-0.39, 0.29) is 0 Å². The van der Waals surface area contributed by atoms with Gasteiger partial charge >= 0.3 is 0 Å². The number of aromatic nitrogens is 3. The van der Waals surface area contributed by atoms with E-state index >= 15 is 0 Å². The Morgan fingerprint density at radius 2 is 0.984 bits per heavy atom. The quantitative estimate of drug-likeness (QED) is 0.163. The molecule has 3 aromatic heterocycles. The Bertz CT molecular complexity index is 4120. The molecule has 10 aromatic carbocycles. The van der Waals surface area contributed by atoms with E-state index in [0.717, 1.165) is 44.2 Å². The number of benzene rings is 10. The highest BCUT2D eigenvalue weighted by Crippen LogP contribution is 2.62. The summed E-state index contributed by atoms with van der Waals surface area (Å²) in [7, 11) is 0. The Balaban J connectivity index is 1.04. The number of rotatable bonds is 2. The zero-order chi connectivity index (χ0) is 41.7. The molecule has 1 aliphatic carbocycles. The SMILES string of the molecule is c1ccc2c(c1)Sc1cc3c(cc1C21c2ccccc2-c2ccccc21)c1ccccc1n3-c1nc(-c2ccc3c4ccccc4c4ccccc4c3c2)c2oc3ccccc3c2n1. The fourth-order valence-electron chi connectivity index (χ4n) is 11.5. The van der Waals surface area contributed by atoms with Gasteiger partial charge in [-0.05, 0) is 108 Å². The van der Waals surface area contributed by atoms with Gasteiger partial charge in [0.25, 0.3) is 0 Å². The smallest absolute Gasteiger partial charge is 0.236 e. The number of furan rings is 1. The van der Waals surface area contributed by atoms with Crippen molar-refractivity contribution in [2.75, 3.05) is 0 Å². The summed E-state index contributed by atoms with van der Waals surface area (Å²) < 4.78 is 9.02. The maximum absolute atomic E-state index is 6.74. The van der Waals surface area contributed by atoms with Crippen LogP contribution in [-0.2, 0) is 5.41 Å². The van der Waals surface area contributed by atoms with Gasteiger partial charge in [0.05, 0.1) is 16.4 Å². The second kappa shape index (κ2) is 12.6. The molecule has 0 atom stereocenters. The monoisotopic (exact) mass is 831 g/mol. The van der Waals surface area contributed by atoms with Crippen molar-refractivity contribution in [3.05, 3.63) is 222 Å². The lowest BCUT2D eigenvalue weighted by Crippen LogP contribution is -2.32. The van der Waals surface area contributed by atoms with Crippen molar-refractivity contribution in [3.8, 4) is 28.3 Å². The average molecular weight is 832 g/mol. The minimum atomic E-state index is -0.481. The third-order valence-electron chi connectivity index (χ3n) is 14.1. The highest BCUT2D eigenvalue weighted by Gasteiger charge is 2.50. The molecular weight excluding hydrogens is 799 g/mol. The van der Waals surface area contributed by atoms with Crippen LogP contribution in [0, 0.1) is 0 Å². The number of hydrogen-bond acceptors (Lipinski definition) is 4. The topological polar surface area (TPSA) is 43.9 Å². The second-order valence-corrected chi connectivity index (χ2v) is 18.2. The molecule has 296 valence electrons. The van der Waals surface area contributed by atoms with E-state index in [4.69, 9.17) is 14.4 Å². The molecule has 1 spiro atoms. The van der Waals surface area contributed by atoms with Gasteiger partial charge in [-0.25, -0.2) is 9.97 Å². The molecule has 15 rings (SSSR count). The molecular formula is C59H33N3OS. The molecule has 0 saturated carbocycles. The summed E-state index contributed by atoms with van der Waals surface area (Å²) in [6, 6.07) is 73.1. The molecule has 0 N–H and O–H groups in total. The van der Waals surface area contributed by atoms with E-state index in [1.807, 2.05) is 23.9 Å². The molecule has 4 nitrogen and oxygen atoms in total. The number of hydrogen-bond donors (Lipinski definition) is 0. The fourth-order valence-corrected chi connectivity index (χ4v) is 12.7. The van der Waals surface area contributed by atoms with E-state index in [0.29, 0.717) is 11.5 Å². The molecule has 0 amide bonds. The van der Waals surface area contributed by atoms with Gasteiger partial charge < -0.3 is 4.42 Å². The van der Waals surface area contributed by atoms with E-state index in [1.165, 1.54) is 80.9 Å². The highest BCUT2D eigenvalue weighted by molar-refractivity contribution is 7.99. The second-order valence-electron chi connectivity index (χ2n) is 17.2. The zero-order valence-corrected chi connectivity index (χ0v) is 35.0. The maximum atomic E-state index is 6.74. The third-order valence-corrected chi connectivity index (χ3v) is 15.2. The summed E-state index contributed by atoms with van der Waals surface area (Å²) in [6.45, 7) is 0. The largest absolute Gasteiger partial charge is 0.452 e. The van der Waals surface area contributed by atoms with Crippen LogP contribution in [-0.4, -0.2) is 14.5 Å². The van der Waals surface area contributed by atoms with Crippen LogP contribution in [0.15, 0.2) is 214 Å². The third kappa shape index (κ3) is 4.39. The van der Waals surface area contributed by atoms with Gasteiger partial charge in [-0.15, -0.1) is 0 Å². The van der Waals surface area contributed by atoms with Crippen LogP contribution >= 0.6 is 11.8 Å². The fraction of sp³-hybridized carbons (Fsp3) is 0.0169. The molecule has 0 saturated heterocycles. The Morgan fingerprint density at radius 1 is 0.406 bits per heavy atom. The standard InChI is InChI=1S/C59H33N3OS/c1-2-17-37-35(15-1)36-16-3-4-18-38(36)44-31-34(29-30-39(37)44)55-57-56(43-22-8-13-27-52(43)63-57)61-58(60-55)62-50-26-12-7-21-42(50)45-32-49-54(33-51(45)62)64-53-28-14-11-25-48(53)59(49)46-23-9-5-19-40(46)41-20-6-10-24-47(41)59/h1-33H. The molecule has 1 aliphatic heterocycles. The first-order valence-electron chi connectivity index (χ1n) is 21.8. The predicted octanol–water partition coefficient (Wildman–Crippen LogP) is 15.4. The van der Waals surface area contributed by atoms with Gasteiger partial charge in [-0.3, -0.25) is 4.57 Å². The van der Waals surface area contributed by atoms with Crippen LogP contribution in [0.1, 0.15) is 22.3 Å². The summed E-state index contributed by atoms with van der Waals surface area (Å²) in [5.41, 5.74) is 13.5. The van der Waals surface area contributed by atoms with Crippen molar-refractivity contribution in [1.29, 1.82) is 0 Å². The molecule has 0 radical (unpaired) electrons. The van der Waals surface area contributed by atoms with Gasteiger partial charge in [0.1, 0.15) is 16.8 Å². The summed E-state index contributed by atoms with van der Waals surface area (Å²) in [5.74, 6) is 0.608. The molecule has 13 aromatic rings. The van der Waals surface area contributed by atoms with Crippen molar-refractivity contribution < 1.29 is 4.42 Å². The lowest BCUT2D eigenvalue weighted by molar-refractivity contribution is 0.666. The van der Waals surface area contributed by atoms with Crippen LogP contribution in [0.4, 0.5) is 0 Å². The molecule has 2 aliphatic rings. The summed E-state index contributed by atoms with van der Waals surface area (Å²) in [6.07, 6.45) is 0. The maximum Gasteiger partial charge on any atom is 0.236 e. The lowest BCUT2D eigenvalue weighted by Gasteiger charge is -2.39. The van der Waals surface area contributed by atoms with Crippen LogP contribution in [0.2, 0.25) is 0 Å². The van der Waals surface area contributed by atoms with Crippen molar-refractivity contribution in [3.63, 3.8) is 0 Å². The van der Waals surface area contributed by atoms with E-state index in [2.05, 4.69) is 193 Å². The summed E-state index contributed by atoms with van der Waals surface area (Å²) >= 11 is 1.86. The Labute approximate surface area is 371 Å². The zero-order valence-electron chi connectivity index (χ0n) is 34.2. The van der Waals surface area contributed by atoms with Crippen LogP contribution in [0.5, 0.6) is 0 Å². The van der Waals surface area contributed by atoms with Gasteiger partial charge in [0.15, 0.2) is 5.58 Å². The Hall–Kier alpha value is -7.99. The van der Waals surface area contributed by atoms with Crippen molar-refractivity contribution >= 4 is 88.0 Å². The van der Waals surface area contributed by atoms with Gasteiger partial charge in [0, 0.05) is 31.5 Å². The van der Waals surface area contributed by atoms with E-state index in [1.54, 1.807) is 0 Å². The Morgan fingerprint density at radius 3 is 1.72 bits per heavy atom. The minimum Gasteiger partial charge on any atom is -0.452 e. The summed E-state index contributed by atoms with van der Waals surface area (Å²) in [4.78, 5) is 13.6. The first kappa shape index (κ1) is 34.6. The van der Waals surface area contributed by atoms with Crippen LogP contribution in [0.25, 0.3) is 105 Å². The van der Waals surface area contributed by atoms with Gasteiger partial charge in [0.2, 0.25) is 5.95 Å². The number of para-hydroxylation sites is 2. The summed E-state index contributed by atoms with van der Waals surface area (Å²) in [5, 5.41) is 10.6. The molecule has 0 unspecified atom stereocenters. The van der Waals surface area contributed by atoms with Crippen molar-refractivity contribution in [2.45, 2.75) is 15.2 Å². The average Bonchev–Trinajstić information content (AvgIpc) is 3.99. The van der Waals surface area contributed by atoms with Crippen LogP contribution < -0.4 is 0 Å². The molecule has 0 bridgehead atoms. The Kier molecular flexibility index (Phi) is 6.79. The normalized spacial score (nSPS) is 13.7. The lowest BCUT2D eigenvalue weighted by atomic mass is 9.67. The highest BCUT2D eigenvalue weighted by atomic mass is 32.2. The molecule has 5 heteroatoms. The first-order chi connectivity index (χ1) is 31.7. The number of nitrogens with zero attached hydrogens (tertiary/aromatic N) is 3. The molecule has 0 fully saturated rings. The minimum absolute atomic E-state index is 0.481. The van der Waals surface area contributed by atoms with Gasteiger partial charge in [-0.2, -0.15) is 0 Å². The van der Waals surface area contributed by atoms with Crippen molar-refractivity contribution in [1.82, 2.24) is 14.5 Å². The van der Waals surface area contributed by atoms with Gasteiger partial charge in [-0.1, -0.05) is 169 Å². The van der Waals surface area contributed by atoms with E-state index in [9.17, 15) is 0 Å². The van der Waals surface area contributed by atoms with Crippen LogP contribution in [0.3, 0.4) is 0 Å². The number of fused-ring (bicyclic) bond motifs is 21. The molecule has 4 heterocycles. The first-order valence-corrected chi connectivity index (χ1v) is 22.6. The predicted molar refractivity (Wildman–Crippen MR) is 263 cm³/mol. The van der Waals surface area contributed by atoms with Crippen molar-refractivity contribution in [2.24, 2.45) is 0 Å².